The van der Waals surface area contributed by atoms with E-state index in [1.807, 2.05) is 30.9 Å². The standard InChI is InChI=1S/C28H40N2O3S/c1-19(2)11-14-29(28(32)21(5)6)17-27(31)30-15-12-26-24(13-16-34-26)25(30)18-33-23-9-7-22(8-10-23)20(3)4/h7-10,13,16,19-21,25H,11-12,14-15,17-18H2,1-6H3/t25-/m0/s1. The lowest BCUT2D eigenvalue weighted by atomic mass is 10.00. The van der Waals surface area contributed by atoms with Gasteiger partial charge in [-0.3, -0.25) is 9.59 Å². The highest BCUT2D eigenvalue weighted by atomic mass is 32.1. The number of ether oxygens (including phenoxy) is 1. The molecular weight excluding hydrogens is 444 g/mol. The van der Waals surface area contributed by atoms with Gasteiger partial charge in [-0.2, -0.15) is 0 Å². The Hall–Kier alpha value is -2.34. The van der Waals surface area contributed by atoms with Crippen LogP contribution < -0.4 is 4.74 Å². The molecule has 0 aliphatic carbocycles. The molecule has 1 aromatic carbocycles. The third-order valence-corrected chi connectivity index (χ3v) is 7.47. The molecule has 0 fully saturated rings. The Morgan fingerprint density at radius 2 is 1.79 bits per heavy atom. The van der Waals surface area contributed by atoms with E-state index in [-0.39, 0.29) is 30.3 Å². The Balaban J connectivity index is 1.75. The summed E-state index contributed by atoms with van der Waals surface area (Å²) in [5.74, 6) is 1.68. The molecule has 2 amide bonds. The molecule has 6 heteroatoms. The summed E-state index contributed by atoms with van der Waals surface area (Å²) in [6.45, 7) is 14.2. The summed E-state index contributed by atoms with van der Waals surface area (Å²) in [7, 11) is 0. The maximum atomic E-state index is 13.5. The van der Waals surface area contributed by atoms with Crippen molar-refractivity contribution in [2.75, 3.05) is 26.2 Å². The molecule has 0 unspecified atom stereocenters. The minimum Gasteiger partial charge on any atom is -0.491 e. The minimum absolute atomic E-state index is 0.00152. The number of hydrogen-bond donors (Lipinski definition) is 0. The third kappa shape index (κ3) is 6.62. The topological polar surface area (TPSA) is 49.9 Å². The van der Waals surface area contributed by atoms with Crippen LogP contribution in [-0.4, -0.2) is 47.9 Å². The van der Waals surface area contributed by atoms with Crippen LogP contribution in [-0.2, 0) is 16.0 Å². The molecule has 2 heterocycles. The van der Waals surface area contributed by atoms with E-state index in [2.05, 4.69) is 51.3 Å². The van der Waals surface area contributed by atoms with Crippen LogP contribution in [0, 0.1) is 11.8 Å². The van der Waals surface area contributed by atoms with Crippen LogP contribution in [0.15, 0.2) is 35.7 Å². The predicted molar refractivity (Wildman–Crippen MR) is 139 cm³/mol. The fraction of sp³-hybridized carbons (Fsp3) is 0.571. The van der Waals surface area contributed by atoms with Crippen molar-refractivity contribution in [2.45, 2.75) is 66.3 Å². The highest BCUT2D eigenvalue weighted by Crippen LogP contribution is 2.34. The van der Waals surface area contributed by atoms with E-state index in [9.17, 15) is 9.59 Å². The van der Waals surface area contributed by atoms with Crippen LogP contribution >= 0.6 is 11.3 Å². The molecule has 5 nitrogen and oxygen atoms in total. The van der Waals surface area contributed by atoms with Gasteiger partial charge in [0.25, 0.3) is 0 Å². The molecule has 2 aromatic rings. The SMILES string of the molecule is CC(C)CCN(CC(=O)N1CCc2sccc2[C@@H]1COc1ccc(C(C)C)cc1)C(=O)C(C)C. The van der Waals surface area contributed by atoms with Gasteiger partial charge in [-0.1, -0.05) is 53.7 Å². The number of carbonyl (C=O) groups excluding carboxylic acids is 2. The third-order valence-electron chi connectivity index (χ3n) is 6.48. The van der Waals surface area contributed by atoms with E-state index in [1.165, 1.54) is 16.0 Å². The first-order valence-corrected chi connectivity index (χ1v) is 13.4. The monoisotopic (exact) mass is 484 g/mol. The minimum atomic E-state index is -0.145. The predicted octanol–water partition coefficient (Wildman–Crippen LogP) is 5.91. The lowest BCUT2D eigenvalue weighted by molar-refractivity contribution is -0.144. The lowest BCUT2D eigenvalue weighted by Crippen LogP contribution is -2.48. The zero-order valence-electron chi connectivity index (χ0n) is 21.5. The van der Waals surface area contributed by atoms with Gasteiger partial charge in [0.15, 0.2) is 0 Å². The second-order valence-corrected chi connectivity index (χ2v) is 11.3. The summed E-state index contributed by atoms with van der Waals surface area (Å²) in [5, 5.41) is 2.10. The summed E-state index contributed by atoms with van der Waals surface area (Å²) in [6.07, 6.45) is 1.74. The van der Waals surface area contributed by atoms with Gasteiger partial charge in [0.2, 0.25) is 11.8 Å². The lowest BCUT2D eigenvalue weighted by Gasteiger charge is -2.37. The van der Waals surface area contributed by atoms with Gasteiger partial charge >= 0.3 is 0 Å². The molecule has 3 rings (SSSR count). The average molecular weight is 485 g/mol. The second-order valence-electron chi connectivity index (χ2n) is 10.3. The van der Waals surface area contributed by atoms with Crippen LogP contribution in [0.4, 0.5) is 0 Å². The van der Waals surface area contributed by atoms with E-state index in [0.29, 0.717) is 31.5 Å². The van der Waals surface area contributed by atoms with Crippen LogP contribution in [0.5, 0.6) is 5.75 Å². The zero-order valence-corrected chi connectivity index (χ0v) is 22.4. The van der Waals surface area contributed by atoms with E-state index >= 15 is 0 Å². The largest absolute Gasteiger partial charge is 0.491 e. The number of nitrogens with zero attached hydrogens (tertiary/aromatic N) is 2. The number of thiophene rings is 1. The van der Waals surface area contributed by atoms with Crippen LogP contribution in [0.2, 0.25) is 0 Å². The highest BCUT2D eigenvalue weighted by Gasteiger charge is 2.33. The summed E-state index contributed by atoms with van der Waals surface area (Å²) in [5.41, 5.74) is 2.45. The molecule has 1 aliphatic heterocycles. The molecule has 1 aliphatic rings. The zero-order chi connectivity index (χ0) is 24.8. The second kappa shape index (κ2) is 11.9. The van der Waals surface area contributed by atoms with Crippen molar-refractivity contribution < 1.29 is 14.3 Å². The number of benzene rings is 1. The van der Waals surface area contributed by atoms with Gasteiger partial charge in [-0.15, -0.1) is 11.3 Å². The molecule has 1 atom stereocenters. The van der Waals surface area contributed by atoms with E-state index in [4.69, 9.17) is 4.74 Å². The van der Waals surface area contributed by atoms with Gasteiger partial charge in [0.05, 0.1) is 12.6 Å². The number of rotatable bonds is 10. The van der Waals surface area contributed by atoms with Crippen molar-refractivity contribution >= 4 is 23.2 Å². The summed E-state index contributed by atoms with van der Waals surface area (Å²) >= 11 is 1.75. The van der Waals surface area contributed by atoms with Gasteiger partial charge in [0, 0.05) is 23.9 Å². The van der Waals surface area contributed by atoms with Crippen LogP contribution in [0.25, 0.3) is 0 Å². The Morgan fingerprint density at radius 1 is 1.09 bits per heavy atom. The maximum absolute atomic E-state index is 13.5. The summed E-state index contributed by atoms with van der Waals surface area (Å²) in [4.78, 5) is 31.4. The first kappa shape index (κ1) is 26.3. The smallest absolute Gasteiger partial charge is 0.242 e. The molecule has 0 spiro atoms. The Kier molecular flexibility index (Phi) is 9.17. The molecule has 0 saturated carbocycles. The number of carbonyl (C=O) groups is 2. The number of hydrogen-bond acceptors (Lipinski definition) is 4. The molecule has 0 saturated heterocycles. The Bertz CT molecular complexity index is 949. The molecule has 0 bridgehead atoms. The molecule has 186 valence electrons. The van der Waals surface area contributed by atoms with Crippen molar-refractivity contribution in [1.82, 2.24) is 9.80 Å². The Labute approximate surface area is 209 Å². The van der Waals surface area contributed by atoms with Crippen molar-refractivity contribution in [3.63, 3.8) is 0 Å². The number of fused-ring (bicyclic) bond motifs is 1. The van der Waals surface area contributed by atoms with Crippen LogP contribution in [0.3, 0.4) is 0 Å². The van der Waals surface area contributed by atoms with Crippen molar-refractivity contribution in [3.05, 3.63) is 51.7 Å². The number of amides is 2. The highest BCUT2D eigenvalue weighted by molar-refractivity contribution is 7.10. The molecule has 0 N–H and O–H groups in total. The molecule has 0 radical (unpaired) electrons. The maximum Gasteiger partial charge on any atom is 0.242 e. The van der Waals surface area contributed by atoms with Gasteiger partial charge < -0.3 is 14.5 Å². The van der Waals surface area contributed by atoms with E-state index in [1.54, 1.807) is 16.2 Å². The molecular formula is C28H40N2O3S. The van der Waals surface area contributed by atoms with E-state index < -0.39 is 0 Å². The van der Waals surface area contributed by atoms with Crippen molar-refractivity contribution in [1.29, 1.82) is 0 Å². The first-order valence-electron chi connectivity index (χ1n) is 12.5. The van der Waals surface area contributed by atoms with Gasteiger partial charge in [0.1, 0.15) is 12.4 Å². The normalized spacial score (nSPS) is 15.7. The average Bonchev–Trinajstić information content (AvgIpc) is 3.28. The quantitative estimate of drug-likeness (QED) is 0.421. The van der Waals surface area contributed by atoms with Crippen molar-refractivity contribution in [3.8, 4) is 5.75 Å². The summed E-state index contributed by atoms with van der Waals surface area (Å²) < 4.78 is 6.19. The van der Waals surface area contributed by atoms with Gasteiger partial charge in [-0.05, 0) is 59.4 Å². The first-order chi connectivity index (χ1) is 16.2. The molecule has 1 aromatic heterocycles. The van der Waals surface area contributed by atoms with Crippen molar-refractivity contribution in [2.24, 2.45) is 11.8 Å². The molecule has 34 heavy (non-hydrogen) atoms. The Morgan fingerprint density at radius 3 is 2.41 bits per heavy atom. The fourth-order valence-corrected chi connectivity index (χ4v) is 5.23. The van der Waals surface area contributed by atoms with E-state index in [0.717, 1.165) is 18.6 Å². The van der Waals surface area contributed by atoms with Crippen LogP contribution in [0.1, 0.15) is 75.9 Å². The fourth-order valence-electron chi connectivity index (χ4n) is 4.30. The summed E-state index contributed by atoms with van der Waals surface area (Å²) in [6, 6.07) is 10.2. The van der Waals surface area contributed by atoms with Gasteiger partial charge in [-0.25, -0.2) is 0 Å².